The summed E-state index contributed by atoms with van der Waals surface area (Å²) in [6.45, 7) is 1.85. The van der Waals surface area contributed by atoms with Gasteiger partial charge in [-0.05, 0) is 58.7 Å². The molecule has 0 spiro atoms. The van der Waals surface area contributed by atoms with Gasteiger partial charge in [0.15, 0.2) is 0 Å². The zero-order valence-corrected chi connectivity index (χ0v) is 15.0. The number of nitrogens with one attached hydrogen (secondary N) is 2. The molecule has 0 radical (unpaired) electrons. The molecule has 0 bridgehead atoms. The van der Waals surface area contributed by atoms with Gasteiger partial charge in [0.05, 0.1) is 16.3 Å². The van der Waals surface area contributed by atoms with Crippen LogP contribution in [0.1, 0.15) is 11.1 Å². The van der Waals surface area contributed by atoms with Crippen LogP contribution in [0.5, 0.6) is 0 Å². The molecule has 4 nitrogen and oxygen atoms in total. The molecule has 2 aromatic carbocycles. The molecule has 2 N–H and O–H groups in total. The van der Waals surface area contributed by atoms with E-state index in [0.29, 0.717) is 16.2 Å². The quantitative estimate of drug-likeness (QED) is 0.652. The first-order chi connectivity index (χ1) is 11.6. The highest BCUT2D eigenvalue weighted by Gasteiger charge is 2.33. The van der Waals surface area contributed by atoms with Gasteiger partial charge in [0.2, 0.25) is 0 Å². The van der Waals surface area contributed by atoms with Gasteiger partial charge in [-0.15, -0.1) is 0 Å². The maximum absolute atomic E-state index is 12.8. The van der Waals surface area contributed by atoms with Crippen molar-refractivity contribution in [3.63, 3.8) is 0 Å². The van der Waals surface area contributed by atoms with Gasteiger partial charge in [-0.2, -0.15) is 13.2 Å². The van der Waals surface area contributed by atoms with Crippen LogP contribution in [-0.4, -0.2) is 11.8 Å². The Bertz CT molecular complexity index is 841. The molecule has 0 saturated carbocycles. The Balaban J connectivity index is 2.12. The Hall–Kier alpha value is -2.06. The fourth-order valence-corrected chi connectivity index (χ4v) is 2.73. The van der Waals surface area contributed by atoms with Crippen molar-refractivity contribution in [3.05, 3.63) is 57.0 Å². The SMILES string of the molecule is Cc1ccc(NC(=O)C(=O)Nc2ccc(Cl)c(C(F)(F)F)c2)c(Br)c1. The maximum atomic E-state index is 12.8. The van der Waals surface area contributed by atoms with E-state index in [1.165, 1.54) is 6.07 Å². The number of anilines is 2. The third kappa shape index (κ3) is 4.96. The fraction of sp³-hybridized carbons (Fsp3) is 0.125. The summed E-state index contributed by atoms with van der Waals surface area (Å²) in [5, 5.41) is 3.97. The number of aryl methyl sites for hydroxylation is 1. The number of benzene rings is 2. The van der Waals surface area contributed by atoms with E-state index in [2.05, 4.69) is 26.6 Å². The van der Waals surface area contributed by atoms with Gasteiger partial charge in [-0.3, -0.25) is 9.59 Å². The number of amides is 2. The summed E-state index contributed by atoms with van der Waals surface area (Å²) in [6, 6.07) is 7.89. The van der Waals surface area contributed by atoms with E-state index in [1.54, 1.807) is 18.2 Å². The van der Waals surface area contributed by atoms with E-state index in [4.69, 9.17) is 11.6 Å². The Morgan fingerprint density at radius 1 is 1.04 bits per heavy atom. The summed E-state index contributed by atoms with van der Waals surface area (Å²) in [4.78, 5) is 23.8. The van der Waals surface area contributed by atoms with Gasteiger partial charge < -0.3 is 10.6 Å². The molecular formula is C16H11BrClF3N2O2. The molecule has 25 heavy (non-hydrogen) atoms. The molecule has 0 aromatic heterocycles. The summed E-state index contributed by atoms with van der Waals surface area (Å²) in [7, 11) is 0. The Kier molecular flexibility index (Phi) is 5.74. The van der Waals surface area contributed by atoms with Crippen LogP contribution in [0.25, 0.3) is 0 Å². The minimum atomic E-state index is -4.67. The van der Waals surface area contributed by atoms with Crippen molar-refractivity contribution in [2.75, 3.05) is 10.6 Å². The average Bonchev–Trinajstić information content (AvgIpc) is 2.50. The lowest BCUT2D eigenvalue weighted by Gasteiger charge is -2.12. The maximum Gasteiger partial charge on any atom is 0.417 e. The van der Waals surface area contributed by atoms with Gasteiger partial charge in [-0.25, -0.2) is 0 Å². The van der Waals surface area contributed by atoms with Crippen molar-refractivity contribution in [3.8, 4) is 0 Å². The molecular weight excluding hydrogens is 425 g/mol. The van der Waals surface area contributed by atoms with E-state index >= 15 is 0 Å². The number of hydrogen-bond donors (Lipinski definition) is 2. The van der Waals surface area contributed by atoms with Crippen LogP contribution in [0.3, 0.4) is 0 Å². The van der Waals surface area contributed by atoms with Crippen LogP contribution >= 0.6 is 27.5 Å². The first-order valence-electron chi connectivity index (χ1n) is 6.83. The number of alkyl halides is 3. The number of carbonyl (C=O) groups is 2. The minimum Gasteiger partial charge on any atom is -0.318 e. The predicted molar refractivity (Wildman–Crippen MR) is 92.6 cm³/mol. The van der Waals surface area contributed by atoms with Crippen LogP contribution in [0, 0.1) is 6.92 Å². The topological polar surface area (TPSA) is 58.2 Å². The second-order valence-electron chi connectivity index (χ2n) is 5.08. The lowest BCUT2D eigenvalue weighted by molar-refractivity contribution is -0.137. The molecule has 0 aliphatic rings. The largest absolute Gasteiger partial charge is 0.417 e. The molecule has 0 heterocycles. The molecule has 0 atom stereocenters. The molecule has 0 fully saturated rings. The van der Waals surface area contributed by atoms with Crippen LogP contribution < -0.4 is 10.6 Å². The van der Waals surface area contributed by atoms with Gasteiger partial charge >= 0.3 is 18.0 Å². The zero-order chi connectivity index (χ0) is 18.8. The molecule has 9 heteroatoms. The highest BCUT2D eigenvalue weighted by molar-refractivity contribution is 9.10. The van der Waals surface area contributed by atoms with Crippen molar-refractivity contribution < 1.29 is 22.8 Å². The van der Waals surface area contributed by atoms with Crippen molar-refractivity contribution in [2.45, 2.75) is 13.1 Å². The highest BCUT2D eigenvalue weighted by atomic mass is 79.9. The molecule has 0 saturated heterocycles. The number of rotatable bonds is 2. The van der Waals surface area contributed by atoms with Crippen molar-refractivity contribution in [1.82, 2.24) is 0 Å². The number of carbonyl (C=O) groups excluding carboxylic acids is 2. The normalized spacial score (nSPS) is 11.1. The molecule has 2 aromatic rings. The molecule has 2 amide bonds. The Labute approximate surface area is 154 Å². The van der Waals surface area contributed by atoms with E-state index in [9.17, 15) is 22.8 Å². The summed E-state index contributed by atoms with van der Waals surface area (Å²) in [6.07, 6.45) is -4.67. The van der Waals surface area contributed by atoms with Crippen LogP contribution in [0.15, 0.2) is 40.9 Å². The Morgan fingerprint density at radius 3 is 2.28 bits per heavy atom. The van der Waals surface area contributed by atoms with Crippen LogP contribution in [0.4, 0.5) is 24.5 Å². The van der Waals surface area contributed by atoms with Gasteiger partial charge in [0.25, 0.3) is 0 Å². The smallest absolute Gasteiger partial charge is 0.318 e. The van der Waals surface area contributed by atoms with E-state index in [-0.39, 0.29) is 5.69 Å². The molecule has 2 rings (SSSR count). The summed E-state index contributed by atoms with van der Waals surface area (Å²) in [5.74, 6) is -2.13. The lowest BCUT2D eigenvalue weighted by atomic mass is 10.2. The molecule has 0 aliphatic heterocycles. The second kappa shape index (κ2) is 7.45. The fourth-order valence-electron chi connectivity index (χ4n) is 1.91. The molecule has 132 valence electrons. The van der Waals surface area contributed by atoms with Gasteiger partial charge in [-0.1, -0.05) is 17.7 Å². The number of halogens is 5. The minimum absolute atomic E-state index is 0.195. The van der Waals surface area contributed by atoms with E-state index in [0.717, 1.165) is 11.6 Å². The first-order valence-corrected chi connectivity index (χ1v) is 8.00. The van der Waals surface area contributed by atoms with E-state index < -0.39 is 28.6 Å². The van der Waals surface area contributed by atoms with Crippen LogP contribution in [0.2, 0.25) is 5.02 Å². The van der Waals surface area contributed by atoms with Crippen molar-refractivity contribution in [2.24, 2.45) is 0 Å². The third-order valence-electron chi connectivity index (χ3n) is 3.11. The summed E-state index contributed by atoms with van der Waals surface area (Å²) < 4.78 is 39.0. The van der Waals surface area contributed by atoms with Crippen molar-refractivity contribution in [1.29, 1.82) is 0 Å². The highest BCUT2D eigenvalue weighted by Crippen LogP contribution is 2.36. The monoisotopic (exact) mass is 434 g/mol. The van der Waals surface area contributed by atoms with Crippen molar-refractivity contribution >= 4 is 50.7 Å². The standard InChI is InChI=1S/C16H11BrClF3N2O2/c1-8-2-5-13(11(17)6-8)23-15(25)14(24)22-9-3-4-12(18)10(7-9)16(19,20)21/h2-7H,1H3,(H,22,24)(H,23,25). The second-order valence-corrected chi connectivity index (χ2v) is 6.35. The lowest BCUT2D eigenvalue weighted by Crippen LogP contribution is -2.29. The zero-order valence-electron chi connectivity index (χ0n) is 12.7. The first kappa shape index (κ1) is 19.3. The van der Waals surface area contributed by atoms with Gasteiger partial charge in [0, 0.05) is 10.2 Å². The predicted octanol–water partition coefficient (Wildman–Crippen LogP) is 5.01. The third-order valence-corrected chi connectivity index (χ3v) is 4.09. The summed E-state index contributed by atoms with van der Waals surface area (Å²) >= 11 is 8.75. The molecule has 0 aliphatic carbocycles. The Morgan fingerprint density at radius 2 is 1.68 bits per heavy atom. The number of hydrogen-bond acceptors (Lipinski definition) is 2. The average molecular weight is 436 g/mol. The van der Waals surface area contributed by atoms with Gasteiger partial charge in [0.1, 0.15) is 0 Å². The molecule has 0 unspecified atom stereocenters. The van der Waals surface area contributed by atoms with Crippen LogP contribution in [-0.2, 0) is 15.8 Å². The van der Waals surface area contributed by atoms with E-state index in [1.807, 2.05) is 6.92 Å². The summed E-state index contributed by atoms with van der Waals surface area (Å²) in [5.41, 5.74) is 0.00140.